The summed E-state index contributed by atoms with van der Waals surface area (Å²) in [5.41, 5.74) is 2.89. The Kier molecular flexibility index (Phi) is 6.88. The number of aryl methyl sites for hydroxylation is 1. The highest BCUT2D eigenvalue weighted by atomic mass is 32.2. The molecule has 3 aromatic carbocycles. The summed E-state index contributed by atoms with van der Waals surface area (Å²) in [5, 5.41) is 0. The summed E-state index contributed by atoms with van der Waals surface area (Å²) in [5.74, 6) is -0.252. The van der Waals surface area contributed by atoms with Crippen LogP contribution in [0.15, 0.2) is 77.7 Å². The molecule has 1 saturated heterocycles. The van der Waals surface area contributed by atoms with E-state index in [0.29, 0.717) is 37.6 Å². The van der Waals surface area contributed by atoms with Crippen LogP contribution in [0, 0.1) is 12.7 Å². The number of halogens is 1. The van der Waals surface area contributed by atoms with Crippen LogP contribution in [0.4, 0.5) is 15.8 Å². The summed E-state index contributed by atoms with van der Waals surface area (Å²) in [6, 6.07) is 20.4. The first-order valence-electron chi connectivity index (χ1n) is 11.2. The predicted octanol–water partition coefficient (Wildman–Crippen LogP) is 3.85. The zero-order chi connectivity index (χ0) is 24.3. The maximum absolute atomic E-state index is 14.0. The molecule has 6 nitrogen and oxygen atoms in total. The maximum Gasteiger partial charge on any atom is 0.264 e. The number of nitrogens with zero attached hydrogens (tertiary/aromatic N) is 3. The molecule has 0 spiro atoms. The van der Waals surface area contributed by atoms with E-state index in [2.05, 4.69) is 0 Å². The molecule has 1 aliphatic rings. The third-order valence-electron chi connectivity index (χ3n) is 6.16. The lowest BCUT2D eigenvalue weighted by atomic mass is 10.1. The first-order chi connectivity index (χ1) is 16.3. The van der Waals surface area contributed by atoms with Gasteiger partial charge in [0.2, 0.25) is 5.91 Å². The third-order valence-corrected chi connectivity index (χ3v) is 7.96. The quantitative estimate of drug-likeness (QED) is 0.537. The number of hydrogen-bond donors (Lipinski definition) is 0. The van der Waals surface area contributed by atoms with E-state index in [9.17, 15) is 17.6 Å². The molecule has 0 atom stereocenters. The molecule has 0 aliphatic carbocycles. The van der Waals surface area contributed by atoms with E-state index >= 15 is 0 Å². The van der Waals surface area contributed by atoms with Gasteiger partial charge in [0, 0.05) is 33.2 Å². The van der Waals surface area contributed by atoms with Gasteiger partial charge in [0.15, 0.2) is 0 Å². The summed E-state index contributed by atoms with van der Waals surface area (Å²) >= 11 is 0. The predicted molar refractivity (Wildman–Crippen MR) is 132 cm³/mol. The molecule has 8 heteroatoms. The highest BCUT2D eigenvalue weighted by molar-refractivity contribution is 7.92. The molecular weight excluding hydrogens is 453 g/mol. The number of carbonyl (C=O) groups excluding carboxylic acids is 1. The molecule has 0 radical (unpaired) electrons. The van der Waals surface area contributed by atoms with E-state index in [4.69, 9.17) is 0 Å². The molecule has 1 heterocycles. The Balaban J connectivity index is 1.36. The molecule has 1 fully saturated rings. The van der Waals surface area contributed by atoms with E-state index < -0.39 is 10.0 Å². The highest BCUT2D eigenvalue weighted by Gasteiger charge is 2.24. The van der Waals surface area contributed by atoms with Crippen LogP contribution in [0.5, 0.6) is 0 Å². The lowest BCUT2D eigenvalue weighted by Crippen LogP contribution is -2.49. The first kappa shape index (κ1) is 23.8. The van der Waals surface area contributed by atoms with Crippen molar-refractivity contribution in [1.82, 2.24) is 4.90 Å². The average molecular weight is 482 g/mol. The van der Waals surface area contributed by atoms with Crippen LogP contribution in [0.25, 0.3) is 0 Å². The van der Waals surface area contributed by atoms with Gasteiger partial charge in [-0.3, -0.25) is 9.10 Å². The largest absolute Gasteiger partial charge is 0.366 e. The molecule has 34 heavy (non-hydrogen) atoms. The number of piperazine rings is 1. The van der Waals surface area contributed by atoms with Gasteiger partial charge in [-0.05, 0) is 48.9 Å². The maximum atomic E-state index is 14.0. The lowest BCUT2D eigenvalue weighted by Gasteiger charge is -2.36. The number of para-hydroxylation sites is 1. The normalized spacial score (nSPS) is 14.2. The third kappa shape index (κ3) is 5.07. The number of benzene rings is 3. The van der Waals surface area contributed by atoms with E-state index in [1.165, 1.54) is 17.4 Å². The average Bonchev–Trinajstić information content (AvgIpc) is 2.85. The Morgan fingerprint density at radius 2 is 1.53 bits per heavy atom. The topological polar surface area (TPSA) is 60.9 Å². The summed E-state index contributed by atoms with van der Waals surface area (Å²) in [7, 11) is -2.15. The van der Waals surface area contributed by atoms with E-state index in [1.54, 1.807) is 65.6 Å². The number of sulfonamides is 1. The molecule has 1 aliphatic heterocycles. The van der Waals surface area contributed by atoms with Crippen LogP contribution in [0.3, 0.4) is 0 Å². The Labute approximate surface area is 200 Å². The Morgan fingerprint density at radius 3 is 2.15 bits per heavy atom. The van der Waals surface area contributed by atoms with Crippen LogP contribution in [0.1, 0.15) is 11.1 Å². The van der Waals surface area contributed by atoms with Gasteiger partial charge >= 0.3 is 0 Å². The molecule has 0 bridgehead atoms. The van der Waals surface area contributed by atoms with Crippen molar-refractivity contribution in [3.05, 3.63) is 89.7 Å². The second-order valence-corrected chi connectivity index (χ2v) is 10.4. The van der Waals surface area contributed by atoms with Crippen LogP contribution in [-0.4, -0.2) is 52.5 Å². The Bertz CT molecular complexity index is 1250. The van der Waals surface area contributed by atoms with Crippen molar-refractivity contribution >= 4 is 27.3 Å². The fraction of sp³-hybridized carbons (Fsp3) is 0.269. The second kappa shape index (κ2) is 9.85. The van der Waals surface area contributed by atoms with Crippen molar-refractivity contribution in [2.45, 2.75) is 18.2 Å². The van der Waals surface area contributed by atoms with Crippen LogP contribution < -0.4 is 9.21 Å². The molecule has 0 N–H and O–H groups in total. The smallest absolute Gasteiger partial charge is 0.264 e. The zero-order valence-electron chi connectivity index (χ0n) is 19.3. The SMILES string of the molecule is Cc1ccc(S(=O)(=O)N(C)c2ccc(CC(=O)N3CCN(c4ccccc4F)CC3)cc2)cc1. The summed E-state index contributed by atoms with van der Waals surface area (Å²) < 4.78 is 41.1. The Hall–Kier alpha value is -3.39. The number of rotatable bonds is 6. The minimum atomic E-state index is -3.67. The van der Waals surface area contributed by atoms with Gasteiger partial charge in [-0.1, -0.05) is 42.0 Å². The van der Waals surface area contributed by atoms with Crippen molar-refractivity contribution in [2.75, 3.05) is 42.4 Å². The van der Waals surface area contributed by atoms with Crippen molar-refractivity contribution in [3.63, 3.8) is 0 Å². The van der Waals surface area contributed by atoms with Gasteiger partial charge in [0.1, 0.15) is 5.82 Å². The zero-order valence-corrected chi connectivity index (χ0v) is 20.1. The lowest BCUT2D eigenvalue weighted by molar-refractivity contribution is -0.130. The van der Waals surface area contributed by atoms with Crippen LogP contribution in [0.2, 0.25) is 0 Å². The molecule has 4 rings (SSSR count). The van der Waals surface area contributed by atoms with Gasteiger partial charge < -0.3 is 9.80 Å². The van der Waals surface area contributed by atoms with Crippen molar-refractivity contribution in [3.8, 4) is 0 Å². The highest BCUT2D eigenvalue weighted by Crippen LogP contribution is 2.24. The summed E-state index contributed by atoms with van der Waals surface area (Å²) in [6.45, 7) is 4.12. The van der Waals surface area contributed by atoms with Crippen molar-refractivity contribution in [2.24, 2.45) is 0 Å². The van der Waals surface area contributed by atoms with Gasteiger partial charge in [0.25, 0.3) is 10.0 Å². The Morgan fingerprint density at radius 1 is 0.912 bits per heavy atom. The number of amides is 1. The van der Waals surface area contributed by atoms with Crippen molar-refractivity contribution < 1.29 is 17.6 Å². The van der Waals surface area contributed by atoms with Gasteiger partial charge in [-0.2, -0.15) is 0 Å². The first-order valence-corrected chi connectivity index (χ1v) is 12.6. The van der Waals surface area contributed by atoms with E-state index in [0.717, 1.165) is 11.1 Å². The minimum Gasteiger partial charge on any atom is -0.366 e. The molecule has 0 unspecified atom stereocenters. The minimum absolute atomic E-state index is 0.00145. The summed E-state index contributed by atoms with van der Waals surface area (Å²) in [6.07, 6.45) is 0.231. The van der Waals surface area contributed by atoms with Crippen molar-refractivity contribution in [1.29, 1.82) is 0 Å². The molecule has 178 valence electrons. The number of carbonyl (C=O) groups is 1. The van der Waals surface area contributed by atoms with Gasteiger partial charge in [-0.25, -0.2) is 12.8 Å². The number of hydrogen-bond acceptors (Lipinski definition) is 4. The van der Waals surface area contributed by atoms with E-state index in [1.807, 2.05) is 17.9 Å². The van der Waals surface area contributed by atoms with E-state index in [-0.39, 0.29) is 23.0 Å². The van der Waals surface area contributed by atoms with Gasteiger partial charge in [-0.15, -0.1) is 0 Å². The molecule has 0 aromatic heterocycles. The molecule has 3 aromatic rings. The summed E-state index contributed by atoms with van der Waals surface area (Å²) in [4.78, 5) is 16.8. The molecule has 0 saturated carbocycles. The van der Waals surface area contributed by atoms with Crippen LogP contribution >= 0.6 is 0 Å². The molecule has 1 amide bonds. The second-order valence-electron chi connectivity index (χ2n) is 8.45. The number of anilines is 2. The fourth-order valence-electron chi connectivity index (χ4n) is 4.02. The van der Waals surface area contributed by atoms with Gasteiger partial charge in [0.05, 0.1) is 22.7 Å². The standard InChI is InChI=1S/C26H28FN3O3S/c1-20-7-13-23(14-8-20)34(32,33)28(2)22-11-9-21(10-12-22)19-26(31)30-17-15-29(16-18-30)25-6-4-3-5-24(25)27/h3-14H,15-19H2,1-2H3. The van der Waals surface area contributed by atoms with Crippen LogP contribution in [-0.2, 0) is 21.2 Å². The monoisotopic (exact) mass is 481 g/mol. The molecular formula is C26H28FN3O3S. The fourth-order valence-corrected chi connectivity index (χ4v) is 5.22.